The van der Waals surface area contributed by atoms with Crippen molar-refractivity contribution in [3.63, 3.8) is 0 Å². The molecule has 4 rings (SSSR count). The Hall–Kier alpha value is -2.89. The molecule has 0 aromatic carbocycles. The van der Waals surface area contributed by atoms with Crippen LogP contribution in [0.4, 0.5) is 0 Å². The molecule has 1 unspecified atom stereocenters. The number of hydrogen-bond donors (Lipinski definition) is 0. The molecular weight excluding hydrogens is 314 g/mol. The summed E-state index contributed by atoms with van der Waals surface area (Å²) in [4.78, 5) is 32.2. The van der Waals surface area contributed by atoms with Gasteiger partial charge in [0.05, 0.1) is 11.3 Å². The average Bonchev–Trinajstić information content (AvgIpc) is 2.67. The number of piperidine rings is 1. The quantitative estimate of drug-likeness (QED) is 0.721. The highest BCUT2D eigenvalue weighted by molar-refractivity contribution is 5.94. The third-order valence-corrected chi connectivity index (χ3v) is 4.62. The topological polar surface area (TPSA) is 71.9 Å². The summed E-state index contributed by atoms with van der Waals surface area (Å²) in [6.07, 6.45) is 7.02. The Balaban J connectivity index is 1.65. The fraction of sp³-hybridized carbons (Fsp3) is 0.316. The van der Waals surface area contributed by atoms with E-state index in [1.165, 1.54) is 0 Å². The molecule has 3 aromatic heterocycles. The fourth-order valence-corrected chi connectivity index (χ4v) is 3.47. The smallest absolute Gasteiger partial charge is 0.255 e. The van der Waals surface area contributed by atoms with E-state index >= 15 is 0 Å². The van der Waals surface area contributed by atoms with Gasteiger partial charge in [-0.05, 0) is 44.0 Å². The van der Waals surface area contributed by atoms with Gasteiger partial charge in [-0.3, -0.25) is 9.78 Å². The normalized spacial score (nSPS) is 17.6. The van der Waals surface area contributed by atoms with Gasteiger partial charge in [0, 0.05) is 43.0 Å². The number of carbonyl (C=O) groups is 1. The Bertz CT molecular complexity index is 912. The van der Waals surface area contributed by atoms with E-state index in [-0.39, 0.29) is 11.8 Å². The summed E-state index contributed by atoms with van der Waals surface area (Å²) >= 11 is 0. The molecular formula is C19H19N5O. The number of aryl methyl sites for hydroxylation is 1. The molecule has 0 radical (unpaired) electrons. The van der Waals surface area contributed by atoms with E-state index in [0.717, 1.165) is 41.9 Å². The summed E-state index contributed by atoms with van der Waals surface area (Å²) in [7, 11) is 0. The fourth-order valence-electron chi connectivity index (χ4n) is 3.47. The lowest BCUT2D eigenvalue weighted by atomic mass is 9.92. The molecule has 25 heavy (non-hydrogen) atoms. The Kier molecular flexibility index (Phi) is 4.09. The standard InChI is InChI=1S/C19H19N5O/c1-13-22-17(16-7-3-9-21-18(16)23-13)15-6-4-10-24(12-15)19(25)14-5-2-8-20-11-14/h2-3,5,7-9,11,15H,4,6,10,12H2,1H3. The van der Waals surface area contributed by atoms with Crippen LogP contribution >= 0.6 is 0 Å². The molecule has 1 amide bonds. The van der Waals surface area contributed by atoms with E-state index in [2.05, 4.69) is 15.0 Å². The second kappa shape index (κ2) is 6.55. The zero-order valence-electron chi connectivity index (χ0n) is 14.1. The number of carbonyl (C=O) groups excluding carboxylic acids is 1. The van der Waals surface area contributed by atoms with E-state index in [1.807, 2.05) is 30.0 Å². The second-order valence-electron chi connectivity index (χ2n) is 6.36. The summed E-state index contributed by atoms with van der Waals surface area (Å²) in [5.41, 5.74) is 2.36. The molecule has 6 nitrogen and oxygen atoms in total. The third kappa shape index (κ3) is 3.07. The monoisotopic (exact) mass is 333 g/mol. The molecule has 6 heteroatoms. The van der Waals surface area contributed by atoms with Crippen molar-refractivity contribution in [1.82, 2.24) is 24.8 Å². The number of amides is 1. The number of rotatable bonds is 2. The van der Waals surface area contributed by atoms with Crippen LogP contribution in [0.2, 0.25) is 0 Å². The molecule has 1 atom stereocenters. The summed E-state index contributed by atoms with van der Waals surface area (Å²) in [5, 5.41) is 0.980. The number of fused-ring (bicyclic) bond motifs is 1. The lowest BCUT2D eigenvalue weighted by Gasteiger charge is -2.33. The first-order chi connectivity index (χ1) is 12.2. The van der Waals surface area contributed by atoms with Crippen LogP contribution in [-0.4, -0.2) is 43.8 Å². The molecule has 0 spiro atoms. The zero-order chi connectivity index (χ0) is 17.2. The molecule has 1 saturated heterocycles. The molecule has 0 aliphatic carbocycles. The largest absolute Gasteiger partial charge is 0.338 e. The van der Waals surface area contributed by atoms with Crippen LogP contribution in [0.15, 0.2) is 42.9 Å². The maximum Gasteiger partial charge on any atom is 0.255 e. The van der Waals surface area contributed by atoms with Crippen LogP contribution in [0.3, 0.4) is 0 Å². The third-order valence-electron chi connectivity index (χ3n) is 4.62. The second-order valence-corrected chi connectivity index (χ2v) is 6.36. The first-order valence-electron chi connectivity index (χ1n) is 8.51. The van der Waals surface area contributed by atoms with Crippen LogP contribution in [0.1, 0.15) is 40.6 Å². The van der Waals surface area contributed by atoms with Crippen LogP contribution < -0.4 is 0 Å². The number of nitrogens with zero attached hydrogens (tertiary/aromatic N) is 5. The van der Waals surface area contributed by atoms with Crippen molar-refractivity contribution in [3.8, 4) is 0 Å². The van der Waals surface area contributed by atoms with E-state index in [0.29, 0.717) is 12.1 Å². The van der Waals surface area contributed by atoms with Crippen molar-refractivity contribution in [1.29, 1.82) is 0 Å². The van der Waals surface area contributed by atoms with Crippen LogP contribution in [0, 0.1) is 6.92 Å². The number of aromatic nitrogens is 4. The Morgan fingerprint density at radius 1 is 1.20 bits per heavy atom. The first-order valence-corrected chi connectivity index (χ1v) is 8.51. The summed E-state index contributed by atoms with van der Waals surface area (Å²) in [6, 6.07) is 7.53. The van der Waals surface area contributed by atoms with Gasteiger partial charge in [0.2, 0.25) is 0 Å². The molecule has 1 aliphatic heterocycles. The maximum atomic E-state index is 12.7. The highest BCUT2D eigenvalue weighted by Crippen LogP contribution is 2.30. The predicted octanol–water partition coefficient (Wildman–Crippen LogP) is 2.75. The maximum absolute atomic E-state index is 12.7. The molecule has 1 aliphatic rings. The van der Waals surface area contributed by atoms with Gasteiger partial charge in [0.25, 0.3) is 5.91 Å². The first kappa shape index (κ1) is 15.6. The predicted molar refractivity (Wildman–Crippen MR) is 94.2 cm³/mol. The lowest BCUT2D eigenvalue weighted by molar-refractivity contribution is 0.0706. The van der Waals surface area contributed by atoms with E-state index < -0.39 is 0 Å². The number of pyridine rings is 2. The van der Waals surface area contributed by atoms with Crippen molar-refractivity contribution >= 4 is 16.9 Å². The van der Waals surface area contributed by atoms with Crippen molar-refractivity contribution < 1.29 is 4.79 Å². The Labute approximate surface area is 146 Å². The van der Waals surface area contributed by atoms with Gasteiger partial charge in [-0.15, -0.1) is 0 Å². The van der Waals surface area contributed by atoms with Crippen molar-refractivity contribution in [3.05, 3.63) is 59.9 Å². The Morgan fingerprint density at radius 2 is 2.08 bits per heavy atom. The van der Waals surface area contributed by atoms with Gasteiger partial charge in [0.1, 0.15) is 5.82 Å². The van der Waals surface area contributed by atoms with Crippen LogP contribution in [0.5, 0.6) is 0 Å². The molecule has 126 valence electrons. The highest BCUT2D eigenvalue weighted by atomic mass is 16.2. The van der Waals surface area contributed by atoms with E-state index in [1.54, 1.807) is 24.7 Å². The van der Waals surface area contributed by atoms with Crippen molar-refractivity contribution in [2.45, 2.75) is 25.7 Å². The zero-order valence-corrected chi connectivity index (χ0v) is 14.1. The number of likely N-dealkylation sites (tertiary alicyclic amines) is 1. The molecule has 4 heterocycles. The van der Waals surface area contributed by atoms with Gasteiger partial charge < -0.3 is 4.90 Å². The molecule has 0 N–H and O–H groups in total. The van der Waals surface area contributed by atoms with Gasteiger partial charge in [-0.25, -0.2) is 15.0 Å². The van der Waals surface area contributed by atoms with Gasteiger partial charge in [-0.2, -0.15) is 0 Å². The minimum absolute atomic E-state index is 0.0333. The summed E-state index contributed by atoms with van der Waals surface area (Å²) in [6.45, 7) is 3.32. The van der Waals surface area contributed by atoms with E-state index in [9.17, 15) is 4.79 Å². The van der Waals surface area contributed by atoms with Crippen LogP contribution in [0.25, 0.3) is 11.0 Å². The molecule has 1 fully saturated rings. The van der Waals surface area contributed by atoms with Crippen molar-refractivity contribution in [2.75, 3.05) is 13.1 Å². The number of hydrogen-bond acceptors (Lipinski definition) is 5. The summed E-state index contributed by atoms with van der Waals surface area (Å²) in [5.74, 6) is 0.950. The van der Waals surface area contributed by atoms with Crippen molar-refractivity contribution in [2.24, 2.45) is 0 Å². The van der Waals surface area contributed by atoms with Crippen LogP contribution in [-0.2, 0) is 0 Å². The minimum atomic E-state index is 0.0333. The average molecular weight is 333 g/mol. The van der Waals surface area contributed by atoms with Gasteiger partial charge in [0.15, 0.2) is 5.65 Å². The minimum Gasteiger partial charge on any atom is -0.338 e. The molecule has 3 aromatic rings. The Morgan fingerprint density at radius 3 is 2.92 bits per heavy atom. The lowest BCUT2D eigenvalue weighted by Crippen LogP contribution is -2.39. The summed E-state index contributed by atoms with van der Waals surface area (Å²) < 4.78 is 0. The van der Waals surface area contributed by atoms with E-state index in [4.69, 9.17) is 4.98 Å². The molecule has 0 bridgehead atoms. The van der Waals surface area contributed by atoms with Gasteiger partial charge in [-0.1, -0.05) is 0 Å². The molecule has 0 saturated carbocycles. The highest BCUT2D eigenvalue weighted by Gasteiger charge is 2.28. The van der Waals surface area contributed by atoms with Gasteiger partial charge >= 0.3 is 0 Å². The SMILES string of the molecule is Cc1nc(C2CCCN(C(=O)c3cccnc3)C2)c2cccnc2n1.